The number of hydrogen-bond donors (Lipinski definition) is 2. The Morgan fingerprint density at radius 2 is 1.24 bits per heavy atom. The molecule has 0 aliphatic rings. The third-order valence-electron chi connectivity index (χ3n) is 2.62. The zero-order valence-electron chi connectivity index (χ0n) is 9.70. The summed E-state index contributed by atoms with van der Waals surface area (Å²) in [6, 6.07) is 3.96. The van der Waals surface area contributed by atoms with Crippen molar-refractivity contribution in [3.05, 3.63) is 34.4 Å². The van der Waals surface area contributed by atoms with Crippen molar-refractivity contribution in [2.24, 2.45) is 11.5 Å². The number of terminal acetylenes is 2. The van der Waals surface area contributed by atoms with E-state index < -0.39 is 0 Å². The minimum atomic E-state index is 0. The summed E-state index contributed by atoms with van der Waals surface area (Å²) in [6.07, 6.45) is 11.8. The minimum absolute atomic E-state index is 0. The van der Waals surface area contributed by atoms with Gasteiger partial charge in [-0.15, -0.1) is 37.1 Å². The molecule has 17 heavy (non-hydrogen) atoms. The average Bonchev–Trinajstić information content (AvgIpc) is 2.31. The molecule has 0 spiro atoms. The fourth-order valence-electron chi connectivity index (χ4n) is 1.82. The highest BCUT2D eigenvalue weighted by molar-refractivity contribution is 5.85. The van der Waals surface area contributed by atoms with Gasteiger partial charge < -0.3 is 11.5 Å². The standard InChI is InChI=1S/C14H16N2.ClH/c1-3-5-13-11(9-15)7-8-12(10-16)14(13)6-4-2;/h1-2,7-8H,5-6,9-10,15-16H2;1H. The van der Waals surface area contributed by atoms with Crippen molar-refractivity contribution >= 4 is 12.4 Å². The number of rotatable bonds is 4. The molecule has 0 saturated carbocycles. The van der Waals surface area contributed by atoms with Gasteiger partial charge >= 0.3 is 0 Å². The van der Waals surface area contributed by atoms with Gasteiger partial charge in [-0.05, 0) is 22.3 Å². The predicted molar refractivity (Wildman–Crippen MR) is 74.5 cm³/mol. The second-order valence-electron chi connectivity index (χ2n) is 3.51. The molecule has 0 saturated heterocycles. The van der Waals surface area contributed by atoms with Crippen molar-refractivity contribution in [1.29, 1.82) is 0 Å². The number of nitrogens with two attached hydrogens (primary N) is 2. The summed E-state index contributed by atoms with van der Waals surface area (Å²) in [5, 5.41) is 0. The van der Waals surface area contributed by atoms with Crippen LogP contribution in [0.15, 0.2) is 12.1 Å². The van der Waals surface area contributed by atoms with Crippen molar-refractivity contribution in [3.63, 3.8) is 0 Å². The van der Waals surface area contributed by atoms with Crippen LogP contribution < -0.4 is 11.5 Å². The normalized spacial score (nSPS) is 8.94. The quantitative estimate of drug-likeness (QED) is 0.791. The van der Waals surface area contributed by atoms with Crippen LogP contribution in [0.5, 0.6) is 0 Å². The van der Waals surface area contributed by atoms with E-state index in [0.29, 0.717) is 25.9 Å². The topological polar surface area (TPSA) is 52.0 Å². The lowest BCUT2D eigenvalue weighted by Gasteiger charge is -2.14. The average molecular weight is 249 g/mol. The number of hydrogen-bond acceptors (Lipinski definition) is 2. The van der Waals surface area contributed by atoms with Gasteiger partial charge in [-0.25, -0.2) is 0 Å². The van der Waals surface area contributed by atoms with E-state index in [1.807, 2.05) is 12.1 Å². The Balaban J connectivity index is 0.00000256. The summed E-state index contributed by atoms with van der Waals surface area (Å²) in [5.74, 6) is 5.29. The summed E-state index contributed by atoms with van der Waals surface area (Å²) < 4.78 is 0. The molecule has 0 fully saturated rings. The first kappa shape index (κ1) is 15.6. The van der Waals surface area contributed by atoms with Crippen LogP contribution in [0.25, 0.3) is 0 Å². The van der Waals surface area contributed by atoms with Crippen LogP contribution in [0.3, 0.4) is 0 Å². The molecule has 0 aromatic heterocycles. The van der Waals surface area contributed by atoms with E-state index in [1.54, 1.807) is 0 Å². The van der Waals surface area contributed by atoms with E-state index in [1.165, 1.54) is 0 Å². The fraction of sp³-hybridized carbons (Fsp3) is 0.286. The minimum Gasteiger partial charge on any atom is -0.326 e. The zero-order valence-corrected chi connectivity index (χ0v) is 10.5. The van der Waals surface area contributed by atoms with E-state index in [4.69, 9.17) is 24.3 Å². The molecule has 0 radical (unpaired) electrons. The molecule has 4 N–H and O–H groups in total. The van der Waals surface area contributed by atoms with Gasteiger partial charge in [-0.2, -0.15) is 0 Å². The lowest BCUT2D eigenvalue weighted by molar-refractivity contribution is 0.970. The van der Waals surface area contributed by atoms with Crippen LogP contribution in [0.2, 0.25) is 0 Å². The molecule has 0 atom stereocenters. The van der Waals surface area contributed by atoms with E-state index in [9.17, 15) is 0 Å². The van der Waals surface area contributed by atoms with E-state index >= 15 is 0 Å². The van der Waals surface area contributed by atoms with Crippen molar-refractivity contribution in [3.8, 4) is 24.7 Å². The lowest BCUT2D eigenvalue weighted by Crippen LogP contribution is -2.10. The monoisotopic (exact) mass is 248 g/mol. The molecule has 0 aliphatic carbocycles. The van der Waals surface area contributed by atoms with Gasteiger partial charge in [0.15, 0.2) is 0 Å². The van der Waals surface area contributed by atoms with Gasteiger partial charge in [0.1, 0.15) is 0 Å². The largest absolute Gasteiger partial charge is 0.326 e. The smallest absolute Gasteiger partial charge is 0.0344 e. The van der Waals surface area contributed by atoms with E-state index in [-0.39, 0.29) is 12.4 Å². The predicted octanol–water partition coefficient (Wildman–Crippen LogP) is 1.38. The third kappa shape index (κ3) is 3.51. The van der Waals surface area contributed by atoms with Gasteiger partial charge in [0.2, 0.25) is 0 Å². The lowest BCUT2D eigenvalue weighted by atomic mass is 9.92. The SMILES string of the molecule is C#CCc1c(CN)ccc(CN)c1CC#C.Cl. The third-order valence-corrected chi connectivity index (χ3v) is 2.62. The van der Waals surface area contributed by atoms with Crippen LogP contribution in [-0.2, 0) is 25.9 Å². The molecular weight excluding hydrogens is 232 g/mol. The second kappa shape index (κ2) is 7.76. The fourth-order valence-corrected chi connectivity index (χ4v) is 1.82. The van der Waals surface area contributed by atoms with Gasteiger partial charge in [-0.3, -0.25) is 0 Å². The van der Waals surface area contributed by atoms with Gasteiger partial charge in [0, 0.05) is 25.9 Å². The molecule has 90 valence electrons. The summed E-state index contributed by atoms with van der Waals surface area (Å²) >= 11 is 0. The Hall–Kier alpha value is -1.45. The van der Waals surface area contributed by atoms with Crippen molar-refractivity contribution < 1.29 is 0 Å². The molecule has 1 aromatic carbocycles. The first-order chi connectivity index (χ1) is 7.78. The zero-order chi connectivity index (χ0) is 12.0. The molecule has 1 aromatic rings. The molecule has 3 heteroatoms. The first-order valence-corrected chi connectivity index (χ1v) is 5.18. The molecule has 1 rings (SSSR count). The number of benzene rings is 1. The Morgan fingerprint density at radius 1 is 0.882 bits per heavy atom. The maximum Gasteiger partial charge on any atom is 0.0344 e. The highest BCUT2D eigenvalue weighted by Crippen LogP contribution is 2.20. The Labute approximate surface area is 109 Å². The van der Waals surface area contributed by atoms with Crippen molar-refractivity contribution in [1.82, 2.24) is 0 Å². The highest BCUT2D eigenvalue weighted by Gasteiger charge is 2.10. The summed E-state index contributed by atoms with van der Waals surface area (Å²) in [6.45, 7) is 0.943. The molecule has 0 aliphatic heterocycles. The van der Waals surface area contributed by atoms with Crippen LogP contribution in [0.1, 0.15) is 22.3 Å². The maximum absolute atomic E-state index is 5.69. The van der Waals surface area contributed by atoms with Crippen molar-refractivity contribution in [2.75, 3.05) is 0 Å². The molecule has 2 nitrogen and oxygen atoms in total. The van der Waals surface area contributed by atoms with E-state index in [0.717, 1.165) is 22.3 Å². The number of halogens is 1. The van der Waals surface area contributed by atoms with Gasteiger partial charge in [0.25, 0.3) is 0 Å². The van der Waals surface area contributed by atoms with E-state index in [2.05, 4.69) is 11.8 Å². The first-order valence-electron chi connectivity index (χ1n) is 5.18. The van der Waals surface area contributed by atoms with Gasteiger partial charge in [0.05, 0.1) is 0 Å². The van der Waals surface area contributed by atoms with Gasteiger partial charge in [-0.1, -0.05) is 12.1 Å². The molecule has 0 heterocycles. The summed E-state index contributed by atoms with van der Waals surface area (Å²) in [7, 11) is 0. The Bertz CT molecular complexity index is 410. The molecule has 0 amide bonds. The highest BCUT2D eigenvalue weighted by atomic mass is 35.5. The van der Waals surface area contributed by atoms with Crippen LogP contribution >= 0.6 is 12.4 Å². The summed E-state index contributed by atoms with van der Waals surface area (Å²) in [5.41, 5.74) is 15.6. The Kier molecular flexibility index (Phi) is 7.10. The summed E-state index contributed by atoms with van der Waals surface area (Å²) in [4.78, 5) is 0. The molecule has 0 bridgehead atoms. The Morgan fingerprint density at radius 3 is 1.47 bits per heavy atom. The van der Waals surface area contributed by atoms with Crippen LogP contribution in [0, 0.1) is 24.7 Å². The van der Waals surface area contributed by atoms with Crippen LogP contribution in [-0.4, -0.2) is 0 Å². The van der Waals surface area contributed by atoms with Crippen molar-refractivity contribution in [2.45, 2.75) is 25.9 Å². The molecular formula is C14H17ClN2. The van der Waals surface area contributed by atoms with Crippen LogP contribution in [0.4, 0.5) is 0 Å². The molecule has 0 unspecified atom stereocenters. The maximum atomic E-state index is 5.69. The second-order valence-corrected chi connectivity index (χ2v) is 3.51.